The first-order valence-corrected chi connectivity index (χ1v) is 12.3. The van der Waals surface area contributed by atoms with Gasteiger partial charge in [0.15, 0.2) is 0 Å². The Kier molecular flexibility index (Phi) is 23.5. The summed E-state index contributed by atoms with van der Waals surface area (Å²) in [5.41, 5.74) is 0. The van der Waals surface area contributed by atoms with Crippen LogP contribution in [0.4, 0.5) is 0 Å². The molecule has 0 heterocycles. The summed E-state index contributed by atoms with van der Waals surface area (Å²) in [6.45, 7) is 9.90. The number of carbonyl (C=O) groups is 3. The summed E-state index contributed by atoms with van der Waals surface area (Å²) in [5, 5.41) is 8.18. The monoisotopic (exact) mass is 444 g/mol. The molecule has 0 aromatic carbocycles. The van der Waals surface area contributed by atoms with Crippen LogP contribution in [0.5, 0.6) is 0 Å². The number of unbranched alkanes of at least 4 members (excludes halogenated alkanes) is 9. The van der Waals surface area contributed by atoms with Crippen LogP contribution in [0.2, 0.25) is 0 Å². The maximum Gasteiger partial charge on any atom is 0.308 e. The third kappa shape index (κ3) is 22.9. The summed E-state index contributed by atoms with van der Waals surface area (Å²) < 4.78 is 10.1. The van der Waals surface area contributed by atoms with Gasteiger partial charge in [0.1, 0.15) is 13.2 Å². The summed E-state index contributed by atoms with van der Waals surface area (Å²) in [4.78, 5) is 32.9. The molecular weight excluding hydrogens is 396 g/mol. The molecule has 0 aliphatic carbocycles. The molecule has 0 saturated carbocycles. The van der Waals surface area contributed by atoms with Crippen molar-refractivity contribution in [3.05, 3.63) is 0 Å². The number of ether oxygens (including phenoxy) is 2. The third-order valence-corrected chi connectivity index (χ3v) is 5.37. The van der Waals surface area contributed by atoms with Crippen molar-refractivity contribution in [1.29, 1.82) is 0 Å². The van der Waals surface area contributed by atoms with Gasteiger partial charge in [-0.1, -0.05) is 92.4 Å². The Morgan fingerprint density at radius 2 is 1.13 bits per heavy atom. The van der Waals surface area contributed by atoms with Gasteiger partial charge < -0.3 is 14.6 Å². The first kappa shape index (κ1) is 31.6. The number of hydrogen-bond acceptors (Lipinski definition) is 5. The molecule has 0 saturated heterocycles. The number of carboxylic acid groups (broad SMARTS) is 1. The zero-order valence-corrected chi connectivity index (χ0v) is 20.7. The Morgan fingerprint density at radius 3 is 1.55 bits per heavy atom. The lowest BCUT2D eigenvalue weighted by Gasteiger charge is -2.09. The zero-order valence-electron chi connectivity index (χ0n) is 20.7. The van der Waals surface area contributed by atoms with Gasteiger partial charge in [-0.05, 0) is 19.3 Å². The van der Waals surface area contributed by atoms with E-state index in [4.69, 9.17) is 14.6 Å². The van der Waals surface area contributed by atoms with Gasteiger partial charge in [-0.15, -0.1) is 0 Å². The fourth-order valence-electron chi connectivity index (χ4n) is 2.61. The van der Waals surface area contributed by atoms with Crippen molar-refractivity contribution in [2.24, 2.45) is 11.8 Å². The minimum atomic E-state index is -0.706. The molecule has 184 valence electrons. The maximum atomic E-state index is 11.6. The number of esters is 2. The van der Waals surface area contributed by atoms with E-state index >= 15 is 0 Å². The molecule has 0 amide bonds. The van der Waals surface area contributed by atoms with Crippen LogP contribution in [0.3, 0.4) is 0 Å². The molecule has 0 aliphatic heterocycles. The highest BCUT2D eigenvalue weighted by Crippen LogP contribution is 2.11. The Hall–Kier alpha value is -1.59. The van der Waals surface area contributed by atoms with Crippen molar-refractivity contribution in [3.8, 4) is 0 Å². The summed E-state index contributed by atoms with van der Waals surface area (Å²) in [6, 6.07) is 0. The van der Waals surface area contributed by atoms with Gasteiger partial charge in [0.25, 0.3) is 0 Å². The SMILES string of the molecule is CCC(C)C(=O)O.CCCCCCCCCCCCC(=O)OCCOC(=O)C(C)CC. The molecule has 0 spiro atoms. The Labute approximate surface area is 190 Å². The number of hydrogen-bond donors (Lipinski definition) is 1. The average Bonchev–Trinajstić information content (AvgIpc) is 2.76. The van der Waals surface area contributed by atoms with E-state index in [9.17, 15) is 14.4 Å². The van der Waals surface area contributed by atoms with Crippen molar-refractivity contribution in [2.45, 2.75) is 118 Å². The van der Waals surface area contributed by atoms with Crippen LogP contribution in [0.1, 0.15) is 118 Å². The summed E-state index contributed by atoms with van der Waals surface area (Å²) >= 11 is 0. The van der Waals surface area contributed by atoms with Crippen molar-refractivity contribution in [1.82, 2.24) is 0 Å². The Balaban J connectivity index is 0. The van der Waals surface area contributed by atoms with Gasteiger partial charge in [-0.3, -0.25) is 14.4 Å². The average molecular weight is 445 g/mol. The van der Waals surface area contributed by atoms with Gasteiger partial charge >= 0.3 is 17.9 Å². The van der Waals surface area contributed by atoms with Crippen molar-refractivity contribution >= 4 is 17.9 Å². The molecule has 0 fully saturated rings. The molecule has 0 rings (SSSR count). The van der Waals surface area contributed by atoms with Gasteiger partial charge in [0.05, 0.1) is 11.8 Å². The van der Waals surface area contributed by atoms with E-state index in [2.05, 4.69) is 6.92 Å². The molecule has 6 heteroatoms. The summed E-state index contributed by atoms with van der Waals surface area (Å²) in [7, 11) is 0. The number of carbonyl (C=O) groups excluding carboxylic acids is 2. The highest BCUT2D eigenvalue weighted by molar-refractivity contribution is 5.72. The van der Waals surface area contributed by atoms with Crippen LogP contribution in [0.15, 0.2) is 0 Å². The Morgan fingerprint density at radius 1 is 0.677 bits per heavy atom. The van der Waals surface area contributed by atoms with Crippen LogP contribution in [0.25, 0.3) is 0 Å². The fraction of sp³-hybridized carbons (Fsp3) is 0.880. The lowest BCUT2D eigenvalue weighted by Crippen LogP contribution is -2.18. The smallest absolute Gasteiger partial charge is 0.308 e. The van der Waals surface area contributed by atoms with Gasteiger partial charge in [-0.2, -0.15) is 0 Å². The van der Waals surface area contributed by atoms with E-state index < -0.39 is 5.97 Å². The molecule has 31 heavy (non-hydrogen) atoms. The molecule has 0 aliphatic rings. The quantitative estimate of drug-likeness (QED) is 0.190. The molecule has 0 bridgehead atoms. The maximum absolute atomic E-state index is 11.6. The van der Waals surface area contributed by atoms with Gasteiger partial charge in [0, 0.05) is 6.42 Å². The van der Waals surface area contributed by atoms with Crippen molar-refractivity contribution < 1.29 is 29.0 Å². The van der Waals surface area contributed by atoms with E-state index in [0.29, 0.717) is 6.42 Å². The number of carboxylic acids is 1. The summed E-state index contributed by atoms with van der Waals surface area (Å²) in [5.74, 6) is -1.38. The molecule has 0 aromatic heterocycles. The predicted octanol–water partition coefficient (Wildman–Crippen LogP) is 6.55. The van der Waals surface area contributed by atoms with Gasteiger partial charge in [-0.25, -0.2) is 0 Å². The highest BCUT2D eigenvalue weighted by atomic mass is 16.6. The fourth-order valence-corrected chi connectivity index (χ4v) is 2.61. The van der Waals surface area contributed by atoms with E-state index in [1.807, 2.05) is 20.8 Å². The first-order valence-electron chi connectivity index (χ1n) is 12.3. The van der Waals surface area contributed by atoms with E-state index in [0.717, 1.165) is 25.7 Å². The number of rotatable bonds is 18. The van der Waals surface area contributed by atoms with Crippen molar-refractivity contribution in [3.63, 3.8) is 0 Å². The molecule has 1 N–H and O–H groups in total. The third-order valence-electron chi connectivity index (χ3n) is 5.37. The number of aliphatic carboxylic acids is 1. The van der Waals surface area contributed by atoms with E-state index in [-0.39, 0.29) is 37.0 Å². The second-order valence-corrected chi connectivity index (χ2v) is 8.28. The van der Waals surface area contributed by atoms with Crippen LogP contribution < -0.4 is 0 Å². The molecule has 0 aromatic rings. The van der Waals surface area contributed by atoms with E-state index in [1.165, 1.54) is 51.4 Å². The largest absolute Gasteiger partial charge is 0.481 e. The first-order chi connectivity index (χ1) is 14.8. The van der Waals surface area contributed by atoms with Crippen molar-refractivity contribution in [2.75, 3.05) is 13.2 Å². The van der Waals surface area contributed by atoms with Crippen LogP contribution >= 0.6 is 0 Å². The molecule has 0 radical (unpaired) electrons. The topological polar surface area (TPSA) is 89.9 Å². The normalized spacial score (nSPS) is 12.3. The zero-order chi connectivity index (χ0) is 23.9. The second kappa shape index (κ2) is 23.1. The standard InChI is InChI=1S/C20H38O4.C5H10O2/c1-4-6-7-8-9-10-11-12-13-14-15-19(21)23-16-17-24-20(22)18(3)5-2;1-3-4(2)5(6)7/h18H,4-17H2,1-3H3;4H,3H2,1-2H3,(H,6,7). The molecular formula is C25H48O6. The minimum Gasteiger partial charge on any atom is -0.481 e. The lowest BCUT2D eigenvalue weighted by atomic mass is 10.1. The molecule has 6 nitrogen and oxygen atoms in total. The summed E-state index contributed by atoms with van der Waals surface area (Å²) in [6.07, 6.45) is 14.5. The predicted molar refractivity (Wildman–Crippen MR) is 125 cm³/mol. The lowest BCUT2D eigenvalue weighted by molar-refractivity contribution is -0.154. The molecule has 2 atom stereocenters. The van der Waals surface area contributed by atoms with Crippen LogP contribution in [-0.2, 0) is 23.9 Å². The van der Waals surface area contributed by atoms with E-state index in [1.54, 1.807) is 6.92 Å². The minimum absolute atomic E-state index is 0.0904. The highest BCUT2D eigenvalue weighted by Gasteiger charge is 2.11. The Bertz CT molecular complexity index is 449. The van der Waals surface area contributed by atoms with Gasteiger partial charge in [0.2, 0.25) is 0 Å². The van der Waals surface area contributed by atoms with Crippen LogP contribution in [-0.4, -0.2) is 36.2 Å². The van der Waals surface area contributed by atoms with Crippen LogP contribution in [0, 0.1) is 11.8 Å². The molecule has 2 unspecified atom stereocenters. The second-order valence-electron chi connectivity index (χ2n) is 8.28.